The standard InChI is InChI=1S/C13H19NO4/c1-13(2,3)7-4-5-9(14)8(6-7)10(15)11(16)12(17)18/h4-6,10-11,15-16H,14H2,1-3H3,(H,17,18). The molecule has 1 aromatic carbocycles. The van der Waals surface area contributed by atoms with E-state index < -0.39 is 18.2 Å². The van der Waals surface area contributed by atoms with Crippen molar-refractivity contribution in [2.75, 3.05) is 5.73 Å². The van der Waals surface area contributed by atoms with Gasteiger partial charge in [-0.05, 0) is 17.0 Å². The topological polar surface area (TPSA) is 104 Å². The van der Waals surface area contributed by atoms with Gasteiger partial charge < -0.3 is 21.1 Å². The predicted octanol–water partition coefficient (Wildman–Crippen LogP) is 1.05. The molecule has 100 valence electrons. The van der Waals surface area contributed by atoms with Crippen LogP contribution in [0.2, 0.25) is 0 Å². The van der Waals surface area contributed by atoms with Crippen LogP contribution in [-0.4, -0.2) is 27.4 Å². The molecule has 0 aliphatic carbocycles. The zero-order valence-corrected chi connectivity index (χ0v) is 10.7. The lowest BCUT2D eigenvalue weighted by Gasteiger charge is -2.23. The molecule has 0 aliphatic rings. The Hall–Kier alpha value is -1.59. The van der Waals surface area contributed by atoms with E-state index in [4.69, 9.17) is 10.8 Å². The van der Waals surface area contributed by atoms with Crippen molar-refractivity contribution in [2.45, 2.75) is 38.4 Å². The third-order valence-electron chi connectivity index (χ3n) is 2.82. The number of hydrogen-bond donors (Lipinski definition) is 4. The second-order valence-corrected chi connectivity index (χ2v) is 5.32. The number of rotatable bonds is 3. The number of aliphatic carboxylic acids is 1. The first-order valence-electron chi connectivity index (χ1n) is 5.63. The normalized spacial score (nSPS) is 15.2. The van der Waals surface area contributed by atoms with E-state index in [1.807, 2.05) is 26.8 Å². The SMILES string of the molecule is CC(C)(C)c1ccc(N)c(C(O)C(O)C(=O)O)c1. The Morgan fingerprint density at radius 3 is 2.28 bits per heavy atom. The molecule has 5 nitrogen and oxygen atoms in total. The molecule has 0 spiro atoms. The van der Waals surface area contributed by atoms with Gasteiger partial charge in [-0.25, -0.2) is 4.79 Å². The monoisotopic (exact) mass is 253 g/mol. The summed E-state index contributed by atoms with van der Waals surface area (Å²) in [6.07, 6.45) is -3.42. The molecule has 1 rings (SSSR count). The van der Waals surface area contributed by atoms with Gasteiger partial charge in [0.05, 0.1) is 0 Å². The first kappa shape index (κ1) is 14.5. The second kappa shape index (κ2) is 4.96. The van der Waals surface area contributed by atoms with Crippen LogP contribution >= 0.6 is 0 Å². The average Bonchev–Trinajstić information content (AvgIpc) is 2.26. The van der Waals surface area contributed by atoms with E-state index in [0.29, 0.717) is 0 Å². The number of nitrogen functional groups attached to an aromatic ring is 1. The number of carboxylic acid groups (broad SMARTS) is 1. The molecule has 0 saturated carbocycles. The minimum atomic E-state index is -1.89. The molecule has 5 N–H and O–H groups in total. The van der Waals surface area contributed by atoms with Crippen molar-refractivity contribution in [2.24, 2.45) is 0 Å². The summed E-state index contributed by atoms with van der Waals surface area (Å²) in [6.45, 7) is 5.97. The van der Waals surface area contributed by atoms with Gasteiger partial charge >= 0.3 is 5.97 Å². The molecule has 0 aliphatic heterocycles. The number of hydrogen-bond acceptors (Lipinski definition) is 4. The van der Waals surface area contributed by atoms with Gasteiger partial charge in [0.1, 0.15) is 6.10 Å². The summed E-state index contributed by atoms with van der Waals surface area (Å²) in [5, 5.41) is 27.9. The Labute approximate surface area is 106 Å². The zero-order valence-electron chi connectivity index (χ0n) is 10.7. The van der Waals surface area contributed by atoms with Crippen molar-refractivity contribution >= 4 is 11.7 Å². The molecule has 2 atom stereocenters. The molecule has 0 amide bonds. The Kier molecular flexibility index (Phi) is 3.98. The Balaban J connectivity index is 3.20. The van der Waals surface area contributed by atoms with E-state index >= 15 is 0 Å². The molecule has 5 heteroatoms. The van der Waals surface area contributed by atoms with Crippen molar-refractivity contribution < 1.29 is 20.1 Å². The second-order valence-electron chi connectivity index (χ2n) is 5.32. The third kappa shape index (κ3) is 3.00. The summed E-state index contributed by atoms with van der Waals surface area (Å²) < 4.78 is 0. The van der Waals surface area contributed by atoms with Crippen LogP contribution in [0.1, 0.15) is 38.0 Å². The summed E-state index contributed by atoms with van der Waals surface area (Å²) in [6, 6.07) is 5.05. The van der Waals surface area contributed by atoms with Crippen LogP contribution in [0, 0.1) is 0 Å². The van der Waals surface area contributed by atoms with E-state index in [1.165, 1.54) is 0 Å². The largest absolute Gasteiger partial charge is 0.479 e. The molecule has 2 unspecified atom stereocenters. The van der Waals surface area contributed by atoms with Gasteiger partial charge in [0.15, 0.2) is 6.10 Å². The summed E-state index contributed by atoms with van der Waals surface area (Å²) in [7, 11) is 0. The van der Waals surface area contributed by atoms with Gasteiger partial charge in [-0.3, -0.25) is 0 Å². The summed E-state index contributed by atoms with van der Waals surface area (Å²) in [5.74, 6) is -1.48. The van der Waals surface area contributed by atoms with Gasteiger partial charge in [-0.1, -0.05) is 32.9 Å². The molecular formula is C13H19NO4. The van der Waals surface area contributed by atoms with E-state index in [2.05, 4.69) is 0 Å². The van der Waals surface area contributed by atoms with Gasteiger partial charge in [0.25, 0.3) is 0 Å². The fraction of sp³-hybridized carbons (Fsp3) is 0.462. The van der Waals surface area contributed by atoms with Crippen molar-refractivity contribution in [1.82, 2.24) is 0 Å². The highest BCUT2D eigenvalue weighted by Crippen LogP contribution is 2.30. The molecule has 0 bridgehead atoms. The molecule has 0 heterocycles. The van der Waals surface area contributed by atoms with Crippen LogP contribution in [0.25, 0.3) is 0 Å². The Morgan fingerprint density at radius 2 is 1.83 bits per heavy atom. The lowest BCUT2D eigenvalue weighted by molar-refractivity contribution is -0.153. The van der Waals surface area contributed by atoms with Crippen molar-refractivity contribution in [3.8, 4) is 0 Å². The molecule has 18 heavy (non-hydrogen) atoms. The van der Waals surface area contributed by atoms with Crippen LogP contribution in [0.15, 0.2) is 18.2 Å². The number of aliphatic hydroxyl groups is 2. The lowest BCUT2D eigenvalue weighted by atomic mass is 9.85. The maximum atomic E-state index is 10.7. The van der Waals surface area contributed by atoms with E-state index in [1.54, 1.807) is 12.1 Å². The van der Waals surface area contributed by atoms with Crippen molar-refractivity contribution in [1.29, 1.82) is 0 Å². The maximum Gasteiger partial charge on any atom is 0.335 e. The number of carboxylic acids is 1. The van der Waals surface area contributed by atoms with Crippen LogP contribution in [0.4, 0.5) is 5.69 Å². The van der Waals surface area contributed by atoms with E-state index in [-0.39, 0.29) is 16.7 Å². The quantitative estimate of drug-likeness (QED) is 0.603. The molecular weight excluding hydrogens is 234 g/mol. The minimum absolute atomic E-state index is 0.156. The smallest absolute Gasteiger partial charge is 0.335 e. The molecule has 0 aromatic heterocycles. The summed E-state index contributed by atoms with van der Waals surface area (Å²) >= 11 is 0. The van der Waals surface area contributed by atoms with E-state index in [9.17, 15) is 15.0 Å². The van der Waals surface area contributed by atoms with Crippen molar-refractivity contribution in [3.05, 3.63) is 29.3 Å². The van der Waals surface area contributed by atoms with Gasteiger partial charge in [0.2, 0.25) is 0 Å². The van der Waals surface area contributed by atoms with Crippen LogP contribution < -0.4 is 5.73 Å². The highest BCUT2D eigenvalue weighted by atomic mass is 16.4. The summed E-state index contributed by atoms with van der Waals surface area (Å²) in [5.41, 5.74) is 6.95. The zero-order chi connectivity index (χ0) is 14.1. The molecule has 1 aromatic rings. The third-order valence-corrected chi connectivity index (χ3v) is 2.82. The molecule has 0 saturated heterocycles. The van der Waals surface area contributed by atoms with Gasteiger partial charge in [-0.2, -0.15) is 0 Å². The highest BCUT2D eigenvalue weighted by Gasteiger charge is 2.27. The Bertz CT molecular complexity index is 451. The maximum absolute atomic E-state index is 10.7. The molecule has 0 radical (unpaired) electrons. The number of anilines is 1. The number of aliphatic hydroxyl groups excluding tert-OH is 2. The van der Waals surface area contributed by atoms with Crippen LogP contribution in [0.5, 0.6) is 0 Å². The van der Waals surface area contributed by atoms with Crippen LogP contribution in [-0.2, 0) is 10.2 Å². The molecule has 0 fully saturated rings. The van der Waals surface area contributed by atoms with Gasteiger partial charge in [0, 0.05) is 11.3 Å². The predicted molar refractivity (Wildman–Crippen MR) is 68.2 cm³/mol. The Morgan fingerprint density at radius 1 is 1.28 bits per heavy atom. The first-order chi connectivity index (χ1) is 8.14. The number of carbonyl (C=O) groups is 1. The fourth-order valence-corrected chi connectivity index (χ4v) is 1.60. The minimum Gasteiger partial charge on any atom is -0.479 e. The fourth-order valence-electron chi connectivity index (χ4n) is 1.60. The number of benzene rings is 1. The lowest BCUT2D eigenvalue weighted by Crippen LogP contribution is -2.28. The summed E-state index contributed by atoms with van der Waals surface area (Å²) in [4.78, 5) is 10.7. The van der Waals surface area contributed by atoms with E-state index in [0.717, 1.165) is 5.56 Å². The van der Waals surface area contributed by atoms with Gasteiger partial charge in [-0.15, -0.1) is 0 Å². The highest BCUT2D eigenvalue weighted by molar-refractivity contribution is 5.73. The average molecular weight is 253 g/mol. The first-order valence-corrected chi connectivity index (χ1v) is 5.63. The van der Waals surface area contributed by atoms with Crippen molar-refractivity contribution in [3.63, 3.8) is 0 Å². The van der Waals surface area contributed by atoms with Crippen LogP contribution in [0.3, 0.4) is 0 Å². The number of nitrogens with two attached hydrogens (primary N) is 1.